The Morgan fingerprint density at radius 3 is 2.50 bits per heavy atom. The van der Waals surface area contributed by atoms with E-state index < -0.39 is 0 Å². The highest BCUT2D eigenvalue weighted by molar-refractivity contribution is 5.94. The molecule has 2 heteroatoms. The van der Waals surface area contributed by atoms with Crippen molar-refractivity contribution in [3.63, 3.8) is 0 Å². The summed E-state index contributed by atoms with van der Waals surface area (Å²) >= 11 is 0. The summed E-state index contributed by atoms with van der Waals surface area (Å²) in [7, 11) is 0. The summed E-state index contributed by atoms with van der Waals surface area (Å²) in [5.74, 6) is 0.595. The first-order chi connectivity index (χ1) is 8.58. The van der Waals surface area contributed by atoms with E-state index in [-0.39, 0.29) is 5.91 Å². The second-order valence-electron chi connectivity index (χ2n) is 5.68. The Labute approximate surface area is 110 Å². The Balaban J connectivity index is 2.08. The van der Waals surface area contributed by atoms with E-state index in [0.29, 0.717) is 12.0 Å². The monoisotopic (exact) mass is 245 g/mol. The molecule has 0 saturated heterocycles. The molecule has 0 spiro atoms. The van der Waals surface area contributed by atoms with Crippen molar-refractivity contribution in [1.82, 2.24) is 5.32 Å². The van der Waals surface area contributed by atoms with Gasteiger partial charge < -0.3 is 5.32 Å². The molecule has 0 radical (unpaired) electrons. The van der Waals surface area contributed by atoms with Gasteiger partial charge in [0.15, 0.2) is 0 Å². The zero-order valence-electron chi connectivity index (χ0n) is 11.6. The van der Waals surface area contributed by atoms with Crippen molar-refractivity contribution in [2.45, 2.75) is 58.4 Å². The summed E-state index contributed by atoms with van der Waals surface area (Å²) < 4.78 is 0. The quantitative estimate of drug-likeness (QED) is 0.862. The zero-order chi connectivity index (χ0) is 13.1. The van der Waals surface area contributed by atoms with Gasteiger partial charge in [0.25, 0.3) is 5.91 Å². The summed E-state index contributed by atoms with van der Waals surface area (Å²) in [5, 5.41) is 3.13. The van der Waals surface area contributed by atoms with Crippen LogP contribution in [0.1, 0.15) is 66.9 Å². The maximum absolute atomic E-state index is 12.1. The fourth-order valence-corrected chi connectivity index (χ4v) is 2.80. The fraction of sp³-hybridized carbons (Fsp3) is 0.562. The largest absolute Gasteiger partial charge is 0.349 e. The minimum absolute atomic E-state index is 0.0836. The molecule has 1 saturated carbocycles. The molecular weight excluding hydrogens is 222 g/mol. The van der Waals surface area contributed by atoms with E-state index >= 15 is 0 Å². The number of carbonyl (C=O) groups excluding carboxylic acids is 1. The minimum Gasteiger partial charge on any atom is -0.349 e. The zero-order valence-corrected chi connectivity index (χ0v) is 11.6. The molecule has 1 aromatic rings. The van der Waals surface area contributed by atoms with Gasteiger partial charge in [-0.05, 0) is 48.9 Å². The molecule has 0 aromatic heterocycles. The Morgan fingerprint density at radius 2 is 1.94 bits per heavy atom. The van der Waals surface area contributed by atoms with Gasteiger partial charge in [-0.3, -0.25) is 4.79 Å². The first-order valence-corrected chi connectivity index (χ1v) is 6.99. The second kappa shape index (κ2) is 5.55. The lowest BCUT2D eigenvalue weighted by Gasteiger charge is -2.14. The molecule has 1 aliphatic carbocycles. The van der Waals surface area contributed by atoms with E-state index in [1.165, 1.54) is 24.0 Å². The van der Waals surface area contributed by atoms with Crippen molar-refractivity contribution in [2.24, 2.45) is 0 Å². The van der Waals surface area contributed by atoms with Crippen LogP contribution in [0.4, 0.5) is 0 Å². The topological polar surface area (TPSA) is 29.1 Å². The van der Waals surface area contributed by atoms with Crippen LogP contribution in [0.25, 0.3) is 0 Å². The number of amides is 1. The van der Waals surface area contributed by atoms with Gasteiger partial charge in [0.1, 0.15) is 0 Å². The van der Waals surface area contributed by atoms with Crippen LogP contribution in [0.5, 0.6) is 0 Å². The molecule has 0 bridgehead atoms. The van der Waals surface area contributed by atoms with Crippen LogP contribution in [0, 0.1) is 6.92 Å². The molecule has 18 heavy (non-hydrogen) atoms. The first-order valence-electron chi connectivity index (χ1n) is 6.99. The van der Waals surface area contributed by atoms with E-state index in [9.17, 15) is 4.79 Å². The molecule has 1 N–H and O–H groups in total. The molecule has 0 unspecified atom stereocenters. The van der Waals surface area contributed by atoms with Gasteiger partial charge in [0.05, 0.1) is 0 Å². The van der Waals surface area contributed by atoms with Crippen molar-refractivity contribution in [2.75, 3.05) is 0 Å². The van der Waals surface area contributed by atoms with E-state index in [0.717, 1.165) is 18.4 Å². The van der Waals surface area contributed by atoms with Crippen LogP contribution < -0.4 is 5.32 Å². The van der Waals surface area contributed by atoms with Crippen LogP contribution in [-0.4, -0.2) is 11.9 Å². The number of nitrogens with one attached hydrogen (secondary N) is 1. The highest BCUT2D eigenvalue weighted by Crippen LogP contribution is 2.21. The highest BCUT2D eigenvalue weighted by Gasteiger charge is 2.18. The van der Waals surface area contributed by atoms with Crippen LogP contribution >= 0.6 is 0 Å². The number of carbonyl (C=O) groups is 1. The Hall–Kier alpha value is -1.31. The number of rotatable bonds is 3. The minimum atomic E-state index is 0.0836. The van der Waals surface area contributed by atoms with Gasteiger partial charge in [-0.2, -0.15) is 0 Å². The summed E-state index contributed by atoms with van der Waals surface area (Å²) in [4.78, 5) is 12.1. The average Bonchev–Trinajstić information content (AvgIpc) is 2.81. The van der Waals surface area contributed by atoms with Gasteiger partial charge in [-0.1, -0.05) is 32.8 Å². The Kier molecular flexibility index (Phi) is 4.05. The Bertz CT molecular complexity index is 431. The fourth-order valence-electron chi connectivity index (χ4n) is 2.80. The third kappa shape index (κ3) is 2.92. The van der Waals surface area contributed by atoms with Crippen LogP contribution in [0.15, 0.2) is 18.2 Å². The molecule has 1 aliphatic rings. The van der Waals surface area contributed by atoms with Gasteiger partial charge >= 0.3 is 0 Å². The van der Waals surface area contributed by atoms with E-state index in [1.54, 1.807) is 0 Å². The van der Waals surface area contributed by atoms with Crippen molar-refractivity contribution in [3.05, 3.63) is 34.9 Å². The van der Waals surface area contributed by atoms with Gasteiger partial charge in [0.2, 0.25) is 0 Å². The molecule has 2 nitrogen and oxygen atoms in total. The van der Waals surface area contributed by atoms with Crippen LogP contribution in [0.2, 0.25) is 0 Å². The predicted molar refractivity (Wildman–Crippen MR) is 75.0 cm³/mol. The Morgan fingerprint density at radius 1 is 1.28 bits per heavy atom. The maximum atomic E-state index is 12.1. The molecule has 0 aliphatic heterocycles. The van der Waals surface area contributed by atoms with Gasteiger partial charge in [0, 0.05) is 11.6 Å². The molecule has 0 atom stereocenters. The summed E-state index contributed by atoms with van der Waals surface area (Å²) in [6.07, 6.45) is 4.76. The van der Waals surface area contributed by atoms with E-state index in [1.807, 2.05) is 12.1 Å². The molecule has 2 rings (SSSR count). The third-order valence-electron chi connectivity index (χ3n) is 3.84. The molecule has 1 fully saturated rings. The number of benzene rings is 1. The summed E-state index contributed by atoms with van der Waals surface area (Å²) in [5.41, 5.74) is 3.33. The van der Waals surface area contributed by atoms with Crippen molar-refractivity contribution < 1.29 is 4.79 Å². The number of hydrogen-bond donors (Lipinski definition) is 1. The van der Waals surface area contributed by atoms with Gasteiger partial charge in [-0.15, -0.1) is 0 Å². The smallest absolute Gasteiger partial charge is 0.251 e. The SMILES string of the molecule is Cc1cc(C(=O)NC2CCCC2)ccc1C(C)C. The molecule has 1 amide bonds. The number of aryl methyl sites for hydroxylation is 1. The maximum Gasteiger partial charge on any atom is 0.251 e. The average molecular weight is 245 g/mol. The number of hydrogen-bond acceptors (Lipinski definition) is 1. The highest BCUT2D eigenvalue weighted by atomic mass is 16.1. The second-order valence-corrected chi connectivity index (χ2v) is 5.68. The van der Waals surface area contributed by atoms with E-state index in [4.69, 9.17) is 0 Å². The molecule has 98 valence electrons. The van der Waals surface area contributed by atoms with E-state index in [2.05, 4.69) is 32.2 Å². The van der Waals surface area contributed by atoms with Gasteiger partial charge in [-0.25, -0.2) is 0 Å². The van der Waals surface area contributed by atoms with Crippen LogP contribution in [-0.2, 0) is 0 Å². The lowest BCUT2D eigenvalue weighted by Crippen LogP contribution is -2.32. The molecule has 0 heterocycles. The summed E-state index contributed by atoms with van der Waals surface area (Å²) in [6.45, 7) is 6.45. The van der Waals surface area contributed by atoms with Crippen molar-refractivity contribution in [3.8, 4) is 0 Å². The van der Waals surface area contributed by atoms with Crippen molar-refractivity contribution in [1.29, 1.82) is 0 Å². The molecular formula is C16H23NO. The van der Waals surface area contributed by atoms with Crippen LogP contribution in [0.3, 0.4) is 0 Å². The normalized spacial score (nSPS) is 16.2. The van der Waals surface area contributed by atoms with Crippen molar-refractivity contribution >= 4 is 5.91 Å². The third-order valence-corrected chi connectivity index (χ3v) is 3.84. The first kappa shape index (κ1) is 13.1. The lowest BCUT2D eigenvalue weighted by atomic mass is 9.96. The lowest BCUT2D eigenvalue weighted by molar-refractivity contribution is 0.0938. The summed E-state index contributed by atoms with van der Waals surface area (Å²) in [6, 6.07) is 6.44. The molecule has 1 aromatic carbocycles. The predicted octanol–water partition coefficient (Wildman–Crippen LogP) is 3.79. The standard InChI is InChI=1S/C16H23NO/c1-11(2)15-9-8-13(10-12(15)3)16(18)17-14-6-4-5-7-14/h8-11,14H,4-7H2,1-3H3,(H,17,18).